The van der Waals surface area contributed by atoms with Gasteiger partial charge in [0.1, 0.15) is 12.0 Å². The smallest absolute Gasteiger partial charge is 0.272 e. The van der Waals surface area contributed by atoms with Crippen LogP contribution in [0.4, 0.5) is 0 Å². The van der Waals surface area contributed by atoms with Crippen LogP contribution in [0.15, 0.2) is 79.3 Å². The molecule has 8 nitrogen and oxygen atoms in total. The predicted molar refractivity (Wildman–Crippen MR) is 131 cm³/mol. The number of benzene rings is 2. The van der Waals surface area contributed by atoms with E-state index in [-0.39, 0.29) is 11.6 Å². The van der Waals surface area contributed by atoms with E-state index < -0.39 is 11.9 Å². The minimum atomic E-state index is -0.572. The fraction of sp³-hybridized carbons (Fsp3) is 0.269. The molecule has 3 N–H and O–H groups in total. The number of rotatable bonds is 11. The van der Waals surface area contributed by atoms with Gasteiger partial charge in [-0.15, -0.1) is 0 Å². The van der Waals surface area contributed by atoms with Gasteiger partial charge in [0.15, 0.2) is 0 Å². The molecule has 0 saturated heterocycles. The van der Waals surface area contributed by atoms with E-state index in [4.69, 9.17) is 0 Å². The van der Waals surface area contributed by atoms with Gasteiger partial charge in [-0.1, -0.05) is 60.7 Å². The first-order valence-electron chi connectivity index (χ1n) is 11.1. The summed E-state index contributed by atoms with van der Waals surface area (Å²) < 4.78 is 0. The maximum Gasteiger partial charge on any atom is 0.272 e. The fourth-order valence-electron chi connectivity index (χ4n) is 2.97. The second-order valence-electron chi connectivity index (χ2n) is 7.47. The van der Waals surface area contributed by atoms with E-state index in [1.165, 1.54) is 18.6 Å². The molecule has 0 radical (unpaired) electrons. The van der Waals surface area contributed by atoms with Gasteiger partial charge in [0, 0.05) is 25.4 Å². The number of aromatic nitrogens is 2. The van der Waals surface area contributed by atoms with Crippen molar-refractivity contribution in [3.63, 3.8) is 0 Å². The van der Waals surface area contributed by atoms with Gasteiger partial charge in [0.25, 0.3) is 5.91 Å². The Labute approximate surface area is 200 Å². The van der Waals surface area contributed by atoms with E-state index in [0.29, 0.717) is 19.4 Å². The molecule has 1 heterocycles. The van der Waals surface area contributed by atoms with Crippen molar-refractivity contribution in [2.75, 3.05) is 13.6 Å². The highest BCUT2D eigenvalue weighted by molar-refractivity contribution is 5.93. The van der Waals surface area contributed by atoms with Crippen LogP contribution >= 0.6 is 0 Å². The third kappa shape index (κ3) is 10.6. The highest BCUT2D eigenvalue weighted by Crippen LogP contribution is 2.03. The lowest BCUT2D eigenvalue weighted by molar-refractivity contribution is -0.121. The van der Waals surface area contributed by atoms with E-state index in [0.717, 1.165) is 30.4 Å². The molecule has 0 fully saturated rings. The van der Waals surface area contributed by atoms with Gasteiger partial charge in [-0.3, -0.25) is 14.6 Å². The molecular formula is C26H31N5O3. The molecule has 2 amide bonds. The van der Waals surface area contributed by atoms with Gasteiger partial charge in [0.05, 0.1) is 12.2 Å². The molecule has 1 aromatic heterocycles. The molecule has 34 heavy (non-hydrogen) atoms. The third-order valence-electron chi connectivity index (χ3n) is 4.74. The standard InChI is InChI=1S/C14H13N3O2.C12H18N2O/c18-10-12(8-11-4-2-1-3-5-11)17-14(19)13-9-15-6-7-16-13;1-13-9-5-8-12(15)14-10-11-6-3-2-4-7-11/h1-7,9-10,12H,8H2,(H,17,19);2-4,6-7,13H,5,8-10H2,1H3,(H,14,15). The molecule has 0 aliphatic rings. The minimum absolute atomic E-state index is 0.120. The van der Waals surface area contributed by atoms with Crippen molar-refractivity contribution in [3.8, 4) is 0 Å². The molecular weight excluding hydrogens is 430 g/mol. The van der Waals surface area contributed by atoms with Crippen molar-refractivity contribution in [2.45, 2.75) is 31.8 Å². The zero-order valence-corrected chi connectivity index (χ0v) is 19.3. The first-order chi connectivity index (χ1) is 16.6. The molecule has 0 saturated carbocycles. The van der Waals surface area contributed by atoms with Crippen LogP contribution in [0.2, 0.25) is 0 Å². The van der Waals surface area contributed by atoms with E-state index in [1.54, 1.807) is 0 Å². The molecule has 2 aromatic carbocycles. The summed E-state index contributed by atoms with van der Waals surface area (Å²) in [5.41, 5.74) is 2.32. The summed E-state index contributed by atoms with van der Waals surface area (Å²) >= 11 is 0. The first-order valence-corrected chi connectivity index (χ1v) is 11.1. The van der Waals surface area contributed by atoms with E-state index >= 15 is 0 Å². The molecule has 1 unspecified atom stereocenters. The monoisotopic (exact) mass is 461 g/mol. The van der Waals surface area contributed by atoms with Crippen LogP contribution in [-0.2, 0) is 22.6 Å². The predicted octanol–water partition coefficient (Wildman–Crippen LogP) is 2.32. The zero-order valence-electron chi connectivity index (χ0n) is 19.3. The highest BCUT2D eigenvalue weighted by Gasteiger charge is 2.14. The second-order valence-corrected chi connectivity index (χ2v) is 7.47. The summed E-state index contributed by atoms with van der Waals surface area (Å²) in [4.78, 5) is 41.9. The Bertz CT molecular complexity index is 985. The van der Waals surface area contributed by atoms with Crippen LogP contribution in [0.5, 0.6) is 0 Å². The Morgan fingerprint density at radius 1 is 0.971 bits per heavy atom. The lowest BCUT2D eigenvalue weighted by Crippen LogP contribution is -2.38. The van der Waals surface area contributed by atoms with Crippen LogP contribution in [-0.4, -0.2) is 47.7 Å². The van der Waals surface area contributed by atoms with Crippen molar-refractivity contribution in [1.29, 1.82) is 0 Å². The topological polar surface area (TPSA) is 113 Å². The van der Waals surface area contributed by atoms with Crippen molar-refractivity contribution in [2.24, 2.45) is 0 Å². The summed E-state index contributed by atoms with van der Waals surface area (Å²) in [6.07, 6.45) is 6.93. The van der Waals surface area contributed by atoms with Crippen LogP contribution in [0.25, 0.3) is 0 Å². The van der Waals surface area contributed by atoms with Gasteiger partial charge in [0.2, 0.25) is 5.91 Å². The number of amides is 2. The second kappa shape index (κ2) is 15.8. The van der Waals surface area contributed by atoms with E-state index in [1.807, 2.05) is 67.7 Å². The average Bonchev–Trinajstić information content (AvgIpc) is 2.89. The lowest BCUT2D eigenvalue weighted by atomic mass is 10.1. The number of hydrogen-bond donors (Lipinski definition) is 3. The highest BCUT2D eigenvalue weighted by atomic mass is 16.2. The molecule has 1 atom stereocenters. The minimum Gasteiger partial charge on any atom is -0.352 e. The van der Waals surface area contributed by atoms with Crippen LogP contribution in [0.1, 0.15) is 34.5 Å². The first kappa shape index (κ1) is 26.3. The lowest BCUT2D eigenvalue weighted by Gasteiger charge is -2.12. The van der Waals surface area contributed by atoms with Gasteiger partial charge in [-0.2, -0.15) is 0 Å². The molecule has 3 rings (SSSR count). The molecule has 8 heteroatoms. The van der Waals surface area contributed by atoms with Crippen LogP contribution in [0.3, 0.4) is 0 Å². The van der Waals surface area contributed by atoms with Crippen molar-refractivity contribution >= 4 is 18.1 Å². The summed E-state index contributed by atoms with van der Waals surface area (Å²) in [6.45, 7) is 1.51. The quantitative estimate of drug-likeness (QED) is 0.298. The van der Waals surface area contributed by atoms with Gasteiger partial charge < -0.3 is 20.7 Å². The largest absolute Gasteiger partial charge is 0.352 e. The Hall–Kier alpha value is -3.91. The molecule has 178 valence electrons. The van der Waals surface area contributed by atoms with Crippen molar-refractivity contribution < 1.29 is 14.4 Å². The van der Waals surface area contributed by atoms with Crippen LogP contribution < -0.4 is 16.0 Å². The normalized spacial score (nSPS) is 10.9. The summed E-state index contributed by atoms with van der Waals surface area (Å²) in [7, 11) is 1.89. The zero-order chi connectivity index (χ0) is 24.4. The number of carbonyl (C=O) groups is 3. The van der Waals surface area contributed by atoms with Crippen molar-refractivity contribution in [1.82, 2.24) is 25.9 Å². The Balaban J connectivity index is 0.000000248. The van der Waals surface area contributed by atoms with E-state index in [2.05, 4.69) is 25.9 Å². The van der Waals surface area contributed by atoms with Crippen LogP contribution in [0, 0.1) is 0 Å². The maximum absolute atomic E-state index is 11.8. The number of carbonyl (C=O) groups excluding carboxylic acids is 3. The molecule has 3 aromatic rings. The van der Waals surface area contributed by atoms with Gasteiger partial charge >= 0.3 is 0 Å². The summed E-state index contributed by atoms with van der Waals surface area (Å²) in [6, 6.07) is 18.9. The summed E-state index contributed by atoms with van der Waals surface area (Å²) in [5.74, 6) is -0.282. The molecule has 0 aliphatic carbocycles. The maximum atomic E-state index is 11.8. The fourth-order valence-corrected chi connectivity index (χ4v) is 2.97. The molecule has 0 spiro atoms. The number of aldehydes is 1. The van der Waals surface area contributed by atoms with E-state index in [9.17, 15) is 14.4 Å². The Morgan fingerprint density at radius 3 is 2.24 bits per heavy atom. The molecule has 0 aliphatic heterocycles. The third-order valence-corrected chi connectivity index (χ3v) is 4.74. The Morgan fingerprint density at radius 2 is 1.65 bits per heavy atom. The number of hydrogen-bond acceptors (Lipinski definition) is 6. The van der Waals surface area contributed by atoms with Gasteiger partial charge in [-0.25, -0.2) is 4.98 Å². The summed E-state index contributed by atoms with van der Waals surface area (Å²) in [5, 5.41) is 8.53. The number of nitrogens with zero attached hydrogens (tertiary/aromatic N) is 2. The average molecular weight is 462 g/mol. The Kier molecular flexibility index (Phi) is 12.3. The van der Waals surface area contributed by atoms with Gasteiger partial charge in [-0.05, 0) is 37.6 Å². The molecule has 0 bridgehead atoms. The van der Waals surface area contributed by atoms with Crippen molar-refractivity contribution in [3.05, 3.63) is 96.1 Å². The SMILES string of the molecule is CNCCCC(=O)NCc1ccccc1.O=CC(Cc1ccccc1)NC(=O)c1cnccn1. The number of nitrogens with one attached hydrogen (secondary N) is 3.